The van der Waals surface area contributed by atoms with E-state index in [4.69, 9.17) is 0 Å². The molecule has 0 saturated heterocycles. The predicted molar refractivity (Wildman–Crippen MR) is 73.8 cm³/mol. The fraction of sp³-hybridized carbons (Fsp3) is 0.400. The second kappa shape index (κ2) is 5.23. The average Bonchev–Trinajstić information content (AvgIpc) is 2.82. The fourth-order valence-corrected chi connectivity index (χ4v) is 2.71. The Bertz CT molecular complexity index is 622. The number of aryl methyl sites for hydroxylation is 1. The van der Waals surface area contributed by atoms with Crippen molar-refractivity contribution in [2.75, 3.05) is 11.9 Å². The van der Waals surface area contributed by atoms with Crippen LogP contribution in [0.1, 0.15) is 37.1 Å². The third-order valence-corrected chi connectivity index (χ3v) is 3.63. The molecule has 0 radical (unpaired) electrons. The van der Waals surface area contributed by atoms with Crippen molar-refractivity contribution in [3.05, 3.63) is 47.2 Å². The largest absolute Gasteiger partial charge is 0.370 e. The third-order valence-electron chi connectivity index (χ3n) is 3.63. The van der Waals surface area contributed by atoms with Gasteiger partial charge in [0, 0.05) is 24.2 Å². The lowest BCUT2D eigenvalue weighted by molar-refractivity contribution is 0.452. The number of anilines is 1. The highest BCUT2D eigenvalue weighted by molar-refractivity contribution is 5.41. The van der Waals surface area contributed by atoms with Crippen LogP contribution in [0.2, 0.25) is 0 Å². The number of nitrogens with zero attached hydrogens (tertiary/aromatic N) is 2. The molecule has 2 heterocycles. The normalized spacial score (nSPS) is 17.6. The number of hydrogen-bond acceptors (Lipinski definition) is 2. The maximum atomic E-state index is 14.0. The van der Waals surface area contributed by atoms with Gasteiger partial charge >= 0.3 is 0 Å². The minimum absolute atomic E-state index is 0.169. The van der Waals surface area contributed by atoms with E-state index in [0.29, 0.717) is 5.56 Å². The van der Waals surface area contributed by atoms with Crippen LogP contribution in [-0.2, 0) is 6.42 Å². The van der Waals surface area contributed by atoms with Crippen LogP contribution in [0.5, 0.6) is 0 Å². The number of nitrogens with one attached hydrogen (secondary N) is 1. The zero-order chi connectivity index (χ0) is 14.1. The molecule has 1 aliphatic heterocycles. The number of rotatable bonds is 3. The number of aromatic nitrogens is 2. The summed E-state index contributed by atoms with van der Waals surface area (Å²) >= 11 is 0. The Morgan fingerprint density at radius 2 is 2.20 bits per heavy atom. The summed E-state index contributed by atoms with van der Waals surface area (Å²) in [6.07, 6.45) is 2.66. The molecular formula is C15H17F2N3. The van der Waals surface area contributed by atoms with Gasteiger partial charge in [-0.05, 0) is 18.9 Å². The standard InChI is InChI=1S/C15H17F2N3/c1-2-3-11-9-15-18-7-6-14(20(15)19-11)12-5-4-10(16)8-13(12)17/h4-5,8-9,14,18H,2-3,6-7H2,1H3. The molecule has 0 spiro atoms. The molecule has 2 aromatic rings. The van der Waals surface area contributed by atoms with Crippen molar-refractivity contribution < 1.29 is 8.78 Å². The molecular weight excluding hydrogens is 260 g/mol. The Hall–Kier alpha value is -1.91. The van der Waals surface area contributed by atoms with Crippen LogP contribution in [0.4, 0.5) is 14.6 Å². The first kappa shape index (κ1) is 13.1. The summed E-state index contributed by atoms with van der Waals surface area (Å²) in [6, 6.07) is 5.60. The van der Waals surface area contributed by atoms with E-state index in [-0.39, 0.29) is 6.04 Å². The Balaban J connectivity index is 2.00. The third kappa shape index (κ3) is 2.28. The van der Waals surface area contributed by atoms with E-state index >= 15 is 0 Å². The molecule has 5 heteroatoms. The highest BCUT2D eigenvalue weighted by Crippen LogP contribution is 2.31. The quantitative estimate of drug-likeness (QED) is 0.930. The van der Waals surface area contributed by atoms with E-state index in [1.807, 2.05) is 10.7 Å². The Morgan fingerprint density at radius 3 is 2.95 bits per heavy atom. The lowest BCUT2D eigenvalue weighted by Gasteiger charge is -2.26. The summed E-state index contributed by atoms with van der Waals surface area (Å²) in [5.41, 5.74) is 1.50. The predicted octanol–water partition coefficient (Wildman–Crippen LogP) is 3.52. The summed E-state index contributed by atoms with van der Waals surface area (Å²) < 4.78 is 28.8. The molecule has 20 heavy (non-hydrogen) atoms. The van der Waals surface area contributed by atoms with Gasteiger partial charge in [0.1, 0.15) is 17.5 Å². The lowest BCUT2D eigenvalue weighted by atomic mass is 10.0. The van der Waals surface area contributed by atoms with E-state index in [9.17, 15) is 8.78 Å². The SMILES string of the molecule is CCCc1cc2n(n1)C(c1ccc(F)cc1F)CCN2. The Kier molecular flexibility index (Phi) is 3.42. The summed E-state index contributed by atoms with van der Waals surface area (Å²) in [4.78, 5) is 0. The molecule has 1 aromatic carbocycles. The van der Waals surface area contributed by atoms with Crippen LogP contribution in [0.15, 0.2) is 24.3 Å². The first-order valence-electron chi connectivity index (χ1n) is 6.96. The van der Waals surface area contributed by atoms with Crippen LogP contribution in [0.3, 0.4) is 0 Å². The number of hydrogen-bond donors (Lipinski definition) is 1. The summed E-state index contributed by atoms with van der Waals surface area (Å²) in [6.45, 7) is 2.86. The topological polar surface area (TPSA) is 29.9 Å². The molecule has 3 rings (SSSR count). The van der Waals surface area contributed by atoms with Crippen LogP contribution in [0.25, 0.3) is 0 Å². The summed E-state index contributed by atoms with van der Waals surface area (Å²) in [7, 11) is 0. The van der Waals surface area contributed by atoms with Gasteiger partial charge in [-0.15, -0.1) is 0 Å². The summed E-state index contributed by atoms with van der Waals surface area (Å²) in [5, 5.41) is 7.83. The van der Waals surface area contributed by atoms with E-state index in [1.54, 1.807) is 0 Å². The highest BCUT2D eigenvalue weighted by Gasteiger charge is 2.25. The smallest absolute Gasteiger partial charge is 0.131 e. The lowest BCUT2D eigenvalue weighted by Crippen LogP contribution is -2.25. The number of benzene rings is 1. The van der Waals surface area contributed by atoms with Crippen molar-refractivity contribution in [2.45, 2.75) is 32.2 Å². The minimum atomic E-state index is -0.549. The van der Waals surface area contributed by atoms with Gasteiger partial charge in [-0.2, -0.15) is 5.10 Å². The van der Waals surface area contributed by atoms with E-state index in [2.05, 4.69) is 17.3 Å². The van der Waals surface area contributed by atoms with Gasteiger partial charge in [-0.1, -0.05) is 19.4 Å². The van der Waals surface area contributed by atoms with Crippen LogP contribution in [0, 0.1) is 11.6 Å². The number of fused-ring (bicyclic) bond motifs is 1. The molecule has 1 unspecified atom stereocenters. The minimum Gasteiger partial charge on any atom is -0.370 e. The molecule has 3 nitrogen and oxygen atoms in total. The fourth-order valence-electron chi connectivity index (χ4n) is 2.71. The first-order chi connectivity index (χ1) is 9.69. The van der Waals surface area contributed by atoms with Crippen molar-refractivity contribution in [1.29, 1.82) is 0 Å². The van der Waals surface area contributed by atoms with Gasteiger partial charge < -0.3 is 5.32 Å². The van der Waals surface area contributed by atoms with Crippen molar-refractivity contribution in [2.24, 2.45) is 0 Å². The van der Waals surface area contributed by atoms with Crippen LogP contribution in [-0.4, -0.2) is 16.3 Å². The highest BCUT2D eigenvalue weighted by atomic mass is 19.1. The molecule has 0 fully saturated rings. The zero-order valence-electron chi connectivity index (χ0n) is 11.4. The first-order valence-corrected chi connectivity index (χ1v) is 6.96. The van der Waals surface area contributed by atoms with Gasteiger partial charge in [0.15, 0.2) is 0 Å². The van der Waals surface area contributed by atoms with Crippen molar-refractivity contribution in [3.63, 3.8) is 0 Å². The maximum absolute atomic E-state index is 14.0. The van der Waals surface area contributed by atoms with Crippen molar-refractivity contribution in [1.82, 2.24) is 9.78 Å². The number of halogens is 2. The second-order valence-corrected chi connectivity index (χ2v) is 5.11. The van der Waals surface area contributed by atoms with E-state index in [1.165, 1.54) is 12.1 Å². The van der Waals surface area contributed by atoms with E-state index < -0.39 is 11.6 Å². The van der Waals surface area contributed by atoms with Crippen LogP contribution >= 0.6 is 0 Å². The monoisotopic (exact) mass is 277 g/mol. The molecule has 0 bridgehead atoms. The molecule has 1 aromatic heterocycles. The Morgan fingerprint density at radius 1 is 1.35 bits per heavy atom. The van der Waals surface area contributed by atoms with Gasteiger partial charge in [-0.3, -0.25) is 0 Å². The average molecular weight is 277 g/mol. The van der Waals surface area contributed by atoms with E-state index in [0.717, 1.165) is 43.4 Å². The molecule has 0 saturated carbocycles. The Labute approximate surface area is 116 Å². The molecule has 1 atom stereocenters. The van der Waals surface area contributed by atoms with Crippen LogP contribution < -0.4 is 5.32 Å². The van der Waals surface area contributed by atoms with Crippen molar-refractivity contribution >= 4 is 5.82 Å². The van der Waals surface area contributed by atoms with Crippen molar-refractivity contribution in [3.8, 4) is 0 Å². The van der Waals surface area contributed by atoms with Gasteiger partial charge in [-0.25, -0.2) is 13.5 Å². The summed E-state index contributed by atoms with van der Waals surface area (Å²) in [5.74, 6) is -0.142. The van der Waals surface area contributed by atoms with Gasteiger partial charge in [0.05, 0.1) is 11.7 Å². The second-order valence-electron chi connectivity index (χ2n) is 5.11. The van der Waals surface area contributed by atoms with Gasteiger partial charge in [0.2, 0.25) is 0 Å². The molecule has 1 aliphatic rings. The molecule has 0 amide bonds. The molecule has 1 N–H and O–H groups in total. The maximum Gasteiger partial charge on any atom is 0.131 e. The van der Waals surface area contributed by atoms with Gasteiger partial charge in [0.25, 0.3) is 0 Å². The molecule has 0 aliphatic carbocycles. The zero-order valence-corrected chi connectivity index (χ0v) is 11.4. The molecule has 106 valence electrons.